The van der Waals surface area contributed by atoms with Gasteiger partial charge in [-0.25, -0.2) is 4.98 Å². The van der Waals surface area contributed by atoms with Crippen molar-refractivity contribution in [3.63, 3.8) is 0 Å². The summed E-state index contributed by atoms with van der Waals surface area (Å²) in [6.45, 7) is 5.39. The van der Waals surface area contributed by atoms with Gasteiger partial charge in [-0.3, -0.25) is 4.79 Å². The fourth-order valence-corrected chi connectivity index (χ4v) is 4.81. The smallest absolute Gasteiger partial charge is 0.254 e. The van der Waals surface area contributed by atoms with E-state index in [1.165, 1.54) is 14.6 Å². The van der Waals surface area contributed by atoms with Gasteiger partial charge in [0.25, 0.3) is 5.91 Å². The minimum Gasteiger partial charge on any atom is -0.486 e. The molecule has 2 aromatic carbocycles. The van der Waals surface area contributed by atoms with E-state index >= 15 is 0 Å². The van der Waals surface area contributed by atoms with Crippen LogP contribution in [0.2, 0.25) is 0 Å². The van der Waals surface area contributed by atoms with Crippen molar-refractivity contribution >= 4 is 27.5 Å². The van der Waals surface area contributed by atoms with Gasteiger partial charge < -0.3 is 19.3 Å². The third kappa shape index (κ3) is 3.43. The summed E-state index contributed by atoms with van der Waals surface area (Å²) in [6.07, 6.45) is 0. The number of ether oxygens (including phenoxy) is 2. The number of hydrogen-bond donors (Lipinski definition) is 1. The van der Waals surface area contributed by atoms with Gasteiger partial charge >= 0.3 is 0 Å². The first-order chi connectivity index (χ1) is 13.8. The van der Waals surface area contributed by atoms with E-state index in [1.54, 1.807) is 17.4 Å². The molecule has 0 saturated carbocycles. The Labute approximate surface area is 167 Å². The lowest BCUT2D eigenvalue weighted by atomic mass is 10.1. The first kappa shape index (κ1) is 17.5. The Morgan fingerprint density at radius 3 is 2.68 bits per heavy atom. The van der Waals surface area contributed by atoms with Gasteiger partial charge in [0.1, 0.15) is 24.8 Å². The number of carbonyl (C=O) groups is 1. The first-order valence-corrected chi connectivity index (χ1v) is 10.4. The number of benzene rings is 2. The second-order valence-electron chi connectivity index (χ2n) is 7.15. The van der Waals surface area contributed by atoms with Crippen LogP contribution in [0.5, 0.6) is 11.5 Å². The Morgan fingerprint density at radius 2 is 1.86 bits per heavy atom. The molecule has 1 saturated heterocycles. The summed E-state index contributed by atoms with van der Waals surface area (Å²) in [6, 6.07) is 13.7. The summed E-state index contributed by atoms with van der Waals surface area (Å²) < 4.78 is 12.4. The Morgan fingerprint density at radius 1 is 1.07 bits per heavy atom. The lowest BCUT2D eigenvalue weighted by Gasteiger charge is -2.32. The summed E-state index contributed by atoms with van der Waals surface area (Å²) in [5.41, 5.74) is 1.74. The van der Waals surface area contributed by atoms with Crippen LogP contribution in [-0.4, -0.2) is 55.2 Å². The Balaban J connectivity index is 1.21. The molecule has 0 unspecified atom stereocenters. The van der Waals surface area contributed by atoms with Gasteiger partial charge in [-0.2, -0.15) is 0 Å². The molecule has 7 heteroatoms. The second-order valence-corrected chi connectivity index (χ2v) is 8.27. The average molecular weight is 396 g/mol. The second kappa shape index (κ2) is 7.41. The number of rotatable bonds is 3. The molecular formula is C21H22N3O3S+. The number of amides is 1. The van der Waals surface area contributed by atoms with Gasteiger partial charge in [-0.15, -0.1) is 11.3 Å². The van der Waals surface area contributed by atoms with E-state index in [1.807, 2.05) is 23.1 Å². The van der Waals surface area contributed by atoms with E-state index in [4.69, 9.17) is 14.5 Å². The van der Waals surface area contributed by atoms with Crippen LogP contribution in [-0.2, 0) is 6.54 Å². The van der Waals surface area contributed by atoms with Gasteiger partial charge in [0, 0.05) is 5.56 Å². The molecule has 1 aromatic heterocycles. The molecule has 3 heterocycles. The monoisotopic (exact) mass is 396 g/mol. The Bertz CT molecular complexity index is 978. The van der Waals surface area contributed by atoms with Crippen LogP contribution in [0.4, 0.5) is 0 Å². The van der Waals surface area contributed by atoms with Gasteiger partial charge in [0.2, 0.25) is 0 Å². The molecule has 0 aliphatic carbocycles. The highest BCUT2D eigenvalue weighted by atomic mass is 32.1. The predicted octanol–water partition coefficient (Wildman–Crippen LogP) is 1.61. The minimum absolute atomic E-state index is 0.0658. The van der Waals surface area contributed by atoms with Gasteiger partial charge in [0.05, 0.1) is 36.4 Å². The zero-order valence-electron chi connectivity index (χ0n) is 15.5. The number of nitrogens with one attached hydrogen (secondary N) is 1. The van der Waals surface area contributed by atoms with Gasteiger partial charge in [-0.05, 0) is 30.3 Å². The van der Waals surface area contributed by atoms with E-state index in [0.717, 1.165) is 38.2 Å². The third-order valence-corrected chi connectivity index (χ3v) is 6.32. The molecule has 1 fully saturated rings. The standard InChI is InChI=1S/C21H21N3O3S/c25-21(15-5-6-17-18(13-15)27-12-11-26-17)24-9-7-23(8-10-24)14-20-22-16-3-1-2-4-19(16)28-20/h1-6,13H,7-12,14H2/p+1. The number of piperazine rings is 1. The van der Waals surface area contributed by atoms with Crippen LogP contribution in [0.3, 0.4) is 0 Å². The number of thiazole rings is 1. The molecule has 0 radical (unpaired) electrons. The van der Waals surface area contributed by atoms with E-state index in [0.29, 0.717) is 30.3 Å². The molecule has 3 aromatic rings. The highest BCUT2D eigenvalue weighted by Crippen LogP contribution is 2.31. The summed E-state index contributed by atoms with van der Waals surface area (Å²) in [5, 5.41) is 1.17. The zero-order valence-corrected chi connectivity index (χ0v) is 16.3. The van der Waals surface area contributed by atoms with Crippen molar-refractivity contribution in [3.05, 3.63) is 53.0 Å². The number of hydrogen-bond acceptors (Lipinski definition) is 5. The van der Waals surface area contributed by atoms with E-state index in [2.05, 4.69) is 18.2 Å². The highest BCUT2D eigenvalue weighted by Gasteiger charge is 2.26. The summed E-state index contributed by atoms with van der Waals surface area (Å²) in [4.78, 5) is 21.0. The largest absolute Gasteiger partial charge is 0.486 e. The van der Waals surface area contributed by atoms with Crippen molar-refractivity contribution in [3.8, 4) is 11.5 Å². The fraction of sp³-hybridized carbons (Fsp3) is 0.333. The molecule has 1 N–H and O–H groups in total. The minimum atomic E-state index is 0.0658. The van der Waals surface area contributed by atoms with Crippen LogP contribution in [0.1, 0.15) is 15.4 Å². The van der Waals surface area contributed by atoms with Crippen LogP contribution in [0.25, 0.3) is 10.2 Å². The highest BCUT2D eigenvalue weighted by molar-refractivity contribution is 7.18. The van der Waals surface area contributed by atoms with Crippen molar-refractivity contribution in [1.82, 2.24) is 9.88 Å². The van der Waals surface area contributed by atoms with Crippen molar-refractivity contribution in [1.29, 1.82) is 0 Å². The molecule has 2 aliphatic rings. The molecule has 28 heavy (non-hydrogen) atoms. The van der Waals surface area contributed by atoms with Crippen LogP contribution in [0, 0.1) is 0 Å². The third-order valence-electron chi connectivity index (χ3n) is 5.29. The van der Waals surface area contributed by atoms with E-state index < -0.39 is 0 Å². The molecule has 1 amide bonds. The number of fused-ring (bicyclic) bond motifs is 2. The quantitative estimate of drug-likeness (QED) is 0.731. The van der Waals surface area contributed by atoms with Crippen molar-refractivity contribution < 1.29 is 19.2 Å². The van der Waals surface area contributed by atoms with Crippen molar-refractivity contribution in [2.45, 2.75) is 6.54 Å². The SMILES string of the molecule is O=C(c1ccc2c(c1)OCCO2)N1CC[NH+](Cc2nc3ccccc3s2)CC1. The van der Waals surface area contributed by atoms with Crippen molar-refractivity contribution in [2.75, 3.05) is 39.4 Å². The van der Waals surface area contributed by atoms with Crippen LogP contribution >= 0.6 is 11.3 Å². The summed E-state index contributed by atoms with van der Waals surface area (Å²) in [5.74, 6) is 1.45. The molecule has 6 nitrogen and oxygen atoms in total. The number of quaternary nitrogens is 1. The molecule has 2 aliphatic heterocycles. The molecule has 0 atom stereocenters. The number of nitrogens with zero attached hydrogens (tertiary/aromatic N) is 2. The first-order valence-electron chi connectivity index (χ1n) is 9.63. The maximum absolute atomic E-state index is 12.9. The molecule has 144 valence electrons. The Kier molecular flexibility index (Phi) is 4.62. The lowest BCUT2D eigenvalue weighted by molar-refractivity contribution is -0.917. The van der Waals surface area contributed by atoms with Crippen molar-refractivity contribution in [2.24, 2.45) is 0 Å². The number of aromatic nitrogens is 1. The van der Waals surface area contributed by atoms with Gasteiger partial charge in [-0.1, -0.05) is 12.1 Å². The van der Waals surface area contributed by atoms with Gasteiger partial charge in [0.15, 0.2) is 11.5 Å². The van der Waals surface area contributed by atoms with Crippen LogP contribution < -0.4 is 14.4 Å². The lowest BCUT2D eigenvalue weighted by Crippen LogP contribution is -3.13. The van der Waals surface area contributed by atoms with E-state index in [-0.39, 0.29) is 5.91 Å². The normalized spacial score (nSPS) is 17.1. The van der Waals surface area contributed by atoms with Crippen LogP contribution in [0.15, 0.2) is 42.5 Å². The fourth-order valence-electron chi connectivity index (χ4n) is 3.77. The summed E-state index contributed by atoms with van der Waals surface area (Å²) in [7, 11) is 0. The maximum Gasteiger partial charge on any atom is 0.254 e. The average Bonchev–Trinajstić information content (AvgIpc) is 3.16. The molecule has 0 bridgehead atoms. The summed E-state index contributed by atoms with van der Waals surface area (Å²) >= 11 is 1.77. The molecular weight excluding hydrogens is 374 g/mol. The number of carbonyl (C=O) groups excluding carboxylic acids is 1. The van der Waals surface area contributed by atoms with E-state index in [9.17, 15) is 4.79 Å². The zero-order chi connectivity index (χ0) is 18.9. The number of para-hydroxylation sites is 1. The molecule has 5 rings (SSSR count). The molecule has 0 spiro atoms. The Hall–Kier alpha value is -2.64. The predicted molar refractivity (Wildman–Crippen MR) is 107 cm³/mol. The topological polar surface area (TPSA) is 56.1 Å². The maximum atomic E-state index is 12.9.